The van der Waals surface area contributed by atoms with Crippen molar-refractivity contribution in [3.63, 3.8) is 0 Å². The largest absolute Gasteiger partial charge is 0.497 e. The fraction of sp³-hybridized carbons (Fsp3) is 0.174. The third kappa shape index (κ3) is 5.33. The smallest absolute Gasteiger partial charge is 0.264 e. The van der Waals surface area contributed by atoms with E-state index in [0.29, 0.717) is 22.2 Å². The van der Waals surface area contributed by atoms with Gasteiger partial charge in [-0.25, -0.2) is 8.42 Å². The Morgan fingerprint density at radius 3 is 2.34 bits per heavy atom. The molecule has 1 N–H and O–H groups in total. The highest BCUT2D eigenvalue weighted by atomic mass is 35.5. The average Bonchev–Trinajstić information content (AvgIpc) is 2.77. The maximum atomic E-state index is 13.4. The summed E-state index contributed by atoms with van der Waals surface area (Å²) in [4.78, 5) is 13.0. The van der Waals surface area contributed by atoms with Crippen molar-refractivity contribution in [1.82, 2.24) is 0 Å². The lowest BCUT2D eigenvalue weighted by Crippen LogP contribution is -2.38. The second-order valence-electron chi connectivity index (χ2n) is 6.92. The Bertz CT molecular complexity index is 1210. The molecule has 3 aromatic rings. The number of nitrogens with zero attached hydrogens (tertiary/aromatic N) is 1. The van der Waals surface area contributed by atoms with Crippen LogP contribution in [0.25, 0.3) is 0 Å². The molecule has 32 heavy (non-hydrogen) atoms. The van der Waals surface area contributed by atoms with Gasteiger partial charge < -0.3 is 14.8 Å². The van der Waals surface area contributed by atoms with E-state index in [1.165, 1.54) is 32.4 Å². The third-order valence-electron chi connectivity index (χ3n) is 4.67. The molecule has 0 spiro atoms. The summed E-state index contributed by atoms with van der Waals surface area (Å²) in [7, 11) is -1.07. The van der Waals surface area contributed by atoms with Gasteiger partial charge in [-0.05, 0) is 49.4 Å². The Labute approximate surface area is 192 Å². The predicted octanol–water partition coefficient (Wildman–Crippen LogP) is 4.50. The number of aryl methyl sites for hydroxylation is 1. The molecule has 9 heteroatoms. The van der Waals surface area contributed by atoms with E-state index in [9.17, 15) is 13.2 Å². The Hall–Kier alpha value is -3.23. The molecule has 0 fully saturated rings. The van der Waals surface area contributed by atoms with E-state index in [0.717, 1.165) is 9.87 Å². The molecule has 7 nitrogen and oxygen atoms in total. The number of rotatable bonds is 8. The van der Waals surface area contributed by atoms with Crippen molar-refractivity contribution in [2.45, 2.75) is 11.8 Å². The number of hydrogen-bond acceptors (Lipinski definition) is 5. The SMILES string of the molecule is COc1ccc(OC)c(NC(=O)CN(c2cccc(Cl)c2)S(=O)(=O)c2ccc(C)cc2)c1. The molecule has 0 aromatic heterocycles. The van der Waals surface area contributed by atoms with Gasteiger partial charge in [0.1, 0.15) is 18.0 Å². The van der Waals surface area contributed by atoms with E-state index in [2.05, 4.69) is 5.32 Å². The van der Waals surface area contributed by atoms with Gasteiger partial charge in [-0.1, -0.05) is 35.4 Å². The average molecular weight is 475 g/mol. The first-order valence-corrected chi connectivity index (χ1v) is 11.4. The number of amides is 1. The molecule has 0 aliphatic carbocycles. The highest BCUT2D eigenvalue weighted by molar-refractivity contribution is 7.92. The van der Waals surface area contributed by atoms with Gasteiger partial charge in [0, 0.05) is 11.1 Å². The zero-order valence-corrected chi connectivity index (χ0v) is 19.4. The van der Waals surface area contributed by atoms with Crippen LogP contribution in [0.4, 0.5) is 11.4 Å². The zero-order valence-electron chi connectivity index (χ0n) is 17.8. The monoisotopic (exact) mass is 474 g/mol. The van der Waals surface area contributed by atoms with Crippen LogP contribution in [-0.4, -0.2) is 35.1 Å². The molecule has 1 amide bonds. The molecule has 3 rings (SSSR count). The van der Waals surface area contributed by atoms with E-state index in [4.69, 9.17) is 21.1 Å². The molecule has 3 aromatic carbocycles. The van der Waals surface area contributed by atoms with Crippen LogP contribution < -0.4 is 19.1 Å². The molecule has 0 heterocycles. The Morgan fingerprint density at radius 1 is 1.00 bits per heavy atom. The summed E-state index contributed by atoms with van der Waals surface area (Å²) in [5.74, 6) is 0.363. The minimum absolute atomic E-state index is 0.0647. The lowest BCUT2D eigenvalue weighted by Gasteiger charge is -2.24. The van der Waals surface area contributed by atoms with Crippen molar-refractivity contribution in [2.24, 2.45) is 0 Å². The first kappa shape index (κ1) is 23.4. The minimum Gasteiger partial charge on any atom is -0.497 e. The van der Waals surface area contributed by atoms with E-state index in [1.54, 1.807) is 48.5 Å². The maximum Gasteiger partial charge on any atom is 0.264 e. The lowest BCUT2D eigenvalue weighted by molar-refractivity contribution is -0.114. The van der Waals surface area contributed by atoms with Gasteiger partial charge in [0.05, 0.1) is 30.5 Å². The number of halogens is 1. The number of hydrogen-bond donors (Lipinski definition) is 1. The maximum absolute atomic E-state index is 13.4. The van der Waals surface area contributed by atoms with Gasteiger partial charge in [-0.3, -0.25) is 9.10 Å². The van der Waals surface area contributed by atoms with Crippen LogP contribution in [0.2, 0.25) is 5.02 Å². The van der Waals surface area contributed by atoms with Crippen LogP contribution in [0.1, 0.15) is 5.56 Å². The molecule has 168 valence electrons. The molecule has 0 saturated carbocycles. The number of carbonyl (C=O) groups is 1. The standard InChI is InChI=1S/C23H23ClN2O5S/c1-16-7-10-20(11-8-16)32(28,29)26(18-6-4-5-17(24)13-18)15-23(27)25-21-14-19(30-2)9-12-22(21)31-3/h4-14H,15H2,1-3H3,(H,25,27). The quantitative estimate of drug-likeness (QED) is 0.519. The fourth-order valence-corrected chi connectivity index (χ4v) is 4.61. The van der Waals surface area contributed by atoms with E-state index in [1.807, 2.05) is 6.92 Å². The van der Waals surface area contributed by atoms with Crippen LogP contribution in [0.5, 0.6) is 11.5 Å². The number of benzene rings is 3. The normalized spacial score (nSPS) is 11.0. The van der Waals surface area contributed by atoms with Gasteiger partial charge in [-0.15, -0.1) is 0 Å². The molecule has 0 bridgehead atoms. The van der Waals surface area contributed by atoms with Crippen LogP contribution in [0.3, 0.4) is 0 Å². The summed E-state index contributed by atoms with van der Waals surface area (Å²) >= 11 is 6.09. The second-order valence-corrected chi connectivity index (χ2v) is 9.22. The van der Waals surface area contributed by atoms with Crippen molar-refractivity contribution in [3.05, 3.63) is 77.3 Å². The van der Waals surface area contributed by atoms with Crippen LogP contribution in [0.15, 0.2) is 71.6 Å². The first-order chi connectivity index (χ1) is 15.2. The van der Waals surface area contributed by atoms with E-state index in [-0.39, 0.29) is 10.6 Å². The molecule has 0 unspecified atom stereocenters. The molecule has 0 atom stereocenters. The Balaban J connectivity index is 1.96. The minimum atomic E-state index is -4.05. The number of nitrogens with one attached hydrogen (secondary N) is 1. The highest BCUT2D eigenvalue weighted by Gasteiger charge is 2.27. The van der Waals surface area contributed by atoms with Crippen molar-refractivity contribution in [3.8, 4) is 11.5 Å². The van der Waals surface area contributed by atoms with Crippen LogP contribution >= 0.6 is 11.6 Å². The number of methoxy groups -OCH3 is 2. The summed E-state index contributed by atoms with van der Waals surface area (Å²) in [5.41, 5.74) is 1.54. The van der Waals surface area contributed by atoms with Crippen molar-refractivity contribution in [2.75, 3.05) is 30.4 Å². The number of ether oxygens (including phenoxy) is 2. The van der Waals surface area contributed by atoms with Gasteiger partial charge in [0.25, 0.3) is 10.0 Å². The Morgan fingerprint density at radius 2 is 1.72 bits per heavy atom. The summed E-state index contributed by atoms with van der Waals surface area (Å²) in [6.07, 6.45) is 0. The number of carbonyl (C=O) groups excluding carboxylic acids is 1. The third-order valence-corrected chi connectivity index (χ3v) is 6.70. The van der Waals surface area contributed by atoms with E-state index < -0.39 is 22.5 Å². The molecule has 0 saturated heterocycles. The van der Waals surface area contributed by atoms with Crippen molar-refractivity contribution < 1.29 is 22.7 Å². The lowest BCUT2D eigenvalue weighted by atomic mass is 10.2. The van der Waals surface area contributed by atoms with Crippen molar-refractivity contribution >= 4 is 38.9 Å². The fourth-order valence-electron chi connectivity index (χ4n) is 3.02. The van der Waals surface area contributed by atoms with Gasteiger partial charge in [0.2, 0.25) is 5.91 Å². The molecular formula is C23H23ClN2O5S. The topological polar surface area (TPSA) is 84.9 Å². The van der Waals surface area contributed by atoms with Gasteiger partial charge in [0.15, 0.2) is 0 Å². The molecule has 0 radical (unpaired) electrons. The van der Waals surface area contributed by atoms with Crippen LogP contribution in [-0.2, 0) is 14.8 Å². The summed E-state index contributed by atoms with van der Waals surface area (Å²) in [6, 6.07) is 17.7. The number of anilines is 2. The summed E-state index contributed by atoms with van der Waals surface area (Å²) < 4.78 is 38.3. The summed E-state index contributed by atoms with van der Waals surface area (Å²) in [5, 5.41) is 3.05. The van der Waals surface area contributed by atoms with Gasteiger partial charge in [-0.2, -0.15) is 0 Å². The predicted molar refractivity (Wildman–Crippen MR) is 125 cm³/mol. The summed E-state index contributed by atoms with van der Waals surface area (Å²) in [6.45, 7) is 1.39. The highest BCUT2D eigenvalue weighted by Crippen LogP contribution is 2.30. The van der Waals surface area contributed by atoms with Crippen molar-refractivity contribution in [1.29, 1.82) is 0 Å². The number of sulfonamides is 1. The molecular weight excluding hydrogens is 452 g/mol. The first-order valence-electron chi connectivity index (χ1n) is 9.61. The Kier molecular flexibility index (Phi) is 7.27. The molecule has 0 aliphatic heterocycles. The van der Waals surface area contributed by atoms with Crippen LogP contribution in [0, 0.1) is 6.92 Å². The van der Waals surface area contributed by atoms with E-state index >= 15 is 0 Å². The second kappa shape index (κ2) is 9.93. The molecule has 0 aliphatic rings. The van der Waals surface area contributed by atoms with Gasteiger partial charge >= 0.3 is 0 Å². The zero-order chi connectivity index (χ0) is 23.3.